The van der Waals surface area contributed by atoms with Gasteiger partial charge in [0.1, 0.15) is 0 Å². The summed E-state index contributed by atoms with van der Waals surface area (Å²) in [6.07, 6.45) is 5.36. The van der Waals surface area contributed by atoms with E-state index in [-0.39, 0.29) is 6.04 Å². The van der Waals surface area contributed by atoms with Gasteiger partial charge in [0.25, 0.3) is 0 Å². The minimum atomic E-state index is 0.192. The van der Waals surface area contributed by atoms with Crippen LogP contribution in [0.15, 0.2) is 0 Å². The maximum atomic E-state index is 5.59. The Labute approximate surface area is 51.3 Å². The Kier molecular flexibility index (Phi) is 1.90. The lowest BCUT2D eigenvalue weighted by atomic mass is 10.0. The van der Waals surface area contributed by atoms with Crippen molar-refractivity contribution in [1.29, 1.82) is 0 Å². The summed E-state index contributed by atoms with van der Waals surface area (Å²) in [6.45, 7) is 3.80. The van der Waals surface area contributed by atoms with Gasteiger partial charge in [-0.1, -0.05) is 12.8 Å². The normalized spacial score (nSPS) is 26.2. The van der Waals surface area contributed by atoms with Crippen LogP contribution in [0, 0.1) is 12.8 Å². The van der Waals surface area contributed by atoms with Gasteiger partial charge in [-0.15, -0.1) is 0 Å². The molecule has 1 aliphatic rings. The summed E-state index contributed by atoms with van der Waals surface area (Å²) in [5.41, 5.74) is 5.59. The smallest absolute Gasteiger partial charge is 0.00677 e. The van der Waals surface area contributed by atoms with Gasteiger partial charge in [0.05, 0.1) is 0 Å². The van der Waals surface area contributed by atoms with Crippen LogP contribution in [0.1, 0.15) is 25.7 Å². The lowest BCUT2D eigenvalue weighted by Gasteiger charge is -2.11. The van der Waals surface area contributed by atoms with E-state index >= 15 is 0 Å². The monoisotopic (exact) mass is 112 g/mol. The van der Waals surface area contributed by atoms with Crippen molar-refractivity contribution < 1.29 is 0 Å². The third-order valence-corrected chi connectivity index (χ3v) is 2.01. The van der Waals surface area contributed by atoms with Gasteiger partial charge in [0, 0.05) is 6.04 Å². The molecule has 0 aromatic heterocycles. The Morgan fingerprint density at radius 2 is 1.88 bits per heavy atom. The fourth-order valence-electron chi connectivity index (χ4n) is 1.39. The highest BCUT2D eigenvalue weighted by atomic mass is 14.6. The van der Waals surface area contributed by atoms with Gasteiger partial charge in [-0.2, -0.15) is 0 Å². The molecule has 47 valence electrons. The summed E-state index contributed by atoms with van der Waals surface area (Å²) >= 11 is 0. The van der Waals surface area contributed by atoms with Gasteiger partial charge in [-0.05, 0) is 25.7 Å². The van der Waals surface area contributed by atoms with Gasteiger partial charge in [0.2, 0.25) is 0 Å². The van der Waals surface area contributed by atoms with E-state index in [1.54, 1.807) is 0 Å². The van der Waals surface area contributed by atoms with Crippen molar-refractivity contribution in [3.8, 4) is 0 Å². The van der Waals surface area contributed by atoms with Crippen LogP contribution in [0.4, 0.5) is 0 Å². The number of hydrogen-bond acceptors (Lipinski definition) is 1. The zero-order valence-corrected chi connectivity index (χ0v) is 5.27. The van der Waals surface area contributed by atoms with Crippen molar-refractivity contribution in [3.05, 3.63) is 6.92 Å². The van der Waals surface area contributed by atoms with E-state index in [0.717, 1.165) is 5.92 Å². The summed E-state index contributed by atoms with van der Waals surface area (Å²) in [5, 5.41) is 0. The fraction of sp³-hybridized carbons (Fsp3) is 0.857. The molecule has 1 aliphatic carbocycles. The minimum absolute atomic E-state index is 0.192. The van der Waals surface area contributed by atoms with Crippen LogP contribution < -0.4 is 5.73 Å². The Hall–Kier alpha value is -0.0400. The zero-order valence-electron chi connectivity index (χ0n) is 5.27. The molecule has 2 N–H and O–H groups in total. The molecule has 1 saturated carbocycles. The first-order chi connectivity index (χ1) is 3.80. The topological polar surface area (TPSA) is 26.0 Å². The van der Waals surface area contributed by atoms with Crippen molar-refractivity contribution in [1.82, 2.24) is 0 Å². The predicted octanol–water partition coefficient (Wildman–Crippen LogP) is 1.34. The molecule has 1 atom stereocenters. The molecule has 0 spiro atoms. The van der Waals surface area contributed by atoms with Crippen molar-refractivity contribution in [3.63, 3.8) is 0 Å². The van der Waals surface area contributed by atoms with Crippen LogP contribution in [0.2, 0.25) is 0 Å². The van der Waals surface area contributed by atoms with Crippen LogP contribution in [-0.2, 0) is 0 Å². The van der Waals surface area contributed by atoms with E-state index in [0.29, 0.717) is 0 Å². The quantitative estimate of drug-likeness (QED) is 0.544. The van der Waals surface area contributed by atoms with Gasteiger partial charge in [0.15, 0.2) is 0 Å². The molecule has 0 aromatic carbocycles. The highest BCUT2D eigenvalue weighted by Gasteiger charge is 2.17. The van der Waals surface area contributed by atoms with Crippen LogP contribution in [0.25, 0.3) is 0 Å². The van der Waals surface area contributed by atoms with Crippen molar-refractivity contribution in [2.24, 2.45) is 11.7 Å². The molecule has 8 heavy (non-hydrogen) atoms. The lowest BCUT2D eigenvalue weighted by Crippen LogP contribution is -2.24. The largest absolute Gasteiger partial charge is 0.327 e. The Bertz CT molecular complexity index is 62.8. The van der Waals surface area contributed by atoms with E-state index in [4.69, 9.17) is 5.73 Å². The summed E-state index contributed by atoms with van der Waals surface area (Å²) in [5.74, 6) is 0.731. The van der Waals surface area contributed by atoms with Crippen molar-refractivity contribution >= 4 is 0 Å². The molecular formula is C7H14N. The van der Waals surface area contributed by atoms with E-state index in [9.17, 15) is 0 Å². The van der Waals surface area contributed by atoms with Crippen molar-refractivity contribution in [2.75, 3.05) is 0 Å². The molecule has 0 amide bonds. The predicted molar refractivity (Wildman–Crippen MR) is 35.3 cm³/mol. The molecule has 1 heteroatoms. The Balaban J connectivity index is 2.24. The van der Waals surface area contributed by atoms with Crippen molar-refractivity contribution in [2.45, 2.75) is 31.7 Å². The zero-order chi connectivity index (χ0) is 5.98. The highest BCUT2D eigenvalue weighted by Crippen LogP contribution is 2.26. The van der Waals surface area contributed by atoms with Gasteiger partial charge in [-0.25, -0.2) is 0 Å². The molecule has 1 nitrogen and oxygen atoms in total. The SMILES string of the molecule is [CH2]C(N)C1CCCC1. The molecule has 0 aromatic rings. The maximum absolute atomic E-state index is 5.59. The van der Waals surface area contributed by atoms with Crippen LogP contribution in [0.5, 0.6) is 0 Å². The molecule has 0 saturated heterocycles. The van der Waals surface area contributed by atoms with Crippen LogP contribution in [0.3, 0.4) is 0 Å². The summed E-state index contributed by atoms with van der Waals surface area (Å²) < 4.78 is 0. The number of nitrogens with two attached hydrogens (primary N) is 1. The molecule has 0 heterocycles. The molecule has 0 bridgehead atoms. The summed E-state index contributed by atoms with van der Waals surface area (Å²) in [4.78, 5) is 0. The molecule has 1 unspecified atom stereocenters. The third-order valence-electron chi connectivity index (χ3n) is 2.01. The van der Waals surface area contributed by atoms with Crippen LogP contribution >= 0.6 is 0 Å². The van der Waals surface area contributed by atoms with E-state index in [1.165, 1.54) is 25.7 Å². The van der Waals surface area contributed by atoms with Crippen LogP contribution in [-0.4, -0.2) is 6.04 Å². The fourth-order valence-corrected chi connectivity index (χ4v) is 1.39. The lowest BCUT2D eigenvalue weighted by molar-refractivity contribution is 0.488. The summed E-state index contributed by atoms with van der Waals surface area (Å²) in [7, 11) is 0. The third kappa shape index (κ3) is 1.22. The van der Waals surface area contributed by atoms with E-state index < -0.39 is 0 Å². The number of hydrogen-bond donors (Lipinski definition) is 1. The average molecular weight is 112 g/mol. The second-order valence-electron chi connectivity index (χ2n) is 2.71. The molecule has 1 radical (unpaired) electrons. The second-order valence-corrected chi connectivity index (χ2v) is 2.71. The molecular weight excluding hydrogens is 98.1 g/mol. The Morgan fingerprint density at radius 1 is 1.38 bits per heavy atom. The maximum Gasteiger partial charge on any atom is 0.00677 e. The molecule has 0 aliphatic heterocycles. The first-order valence-electron chi connectivity index (χ1n) is 3.39. The van der Waals surface area contributed by atoms with Gasteiger partial charge >= 0.3 is 0 Å². The molecule has 1 fully saturated rings. The Morgan fingerprint density at radius 3 is 2.12 bits per heavy atom. The van der Waals surface area contributed by atoms with Gasteiger partial charge < -0.3 is 5.73 Å². The van der Waals surface area contributed by atoms with Gasteiger partial charge in [-0.3, -0.25) is 0 Å². The van der Waals surface area contributed by atoms with E-state index in [1.807, 2.05) is 0 Å². The number of rotatable bonds is 1. The highest BCUT2D eigenvalue weighted by molar-refractivity contribution is 4.78. The minimum Gasteiger partial charge on any atom is -0.327 e. The average Bonchev–Trinajstić information content (AvgIpc) is 2.12. The standard InChI is InChI=1S/C7H14N/c1-6(8)7-4-2-3-5-7/h6-7H,1-5,8H2. The molecule has 1 rings (SSSR count). The first kappa shape index (κ1) is 6.09. The summed E-state index contributed by atoms with van der Waals surface area (Å²) in [6, 6.07) is 0.192. The first-order valence-corrected chi connectivity index (χ1v) is 3.39. The second kappa shape index (κ2) is 2.49. The van der Waals surface area contributed by atoms with E-state index in [2.05, 4.69) is 6.92 Å².